The number of carbonyl (C=O) groups excluding carboxylic acids is 3. The summed E-state index contributed by atoms with van der Waals surface area (Å²) in [6, 6.07) is 24.8. The second-order valence-corrected chi connectivity index (χ2v) is 10.2. The molecule has 4 aromatic rings. The molecule has 0 radical (unpaired) electrons. The Balaban J connectivity index is 1.45. The summed E-state index contributed by atoms with van der Waals surface area (Å²) < 4.78 is 28.1. The molecule has 0 heterocycles. The lowest BCUT2D eigenvalue weighted by molar-refractivity contribution is -0.113. The van der Waals surface area contributed by atoms with Gasteiger partial charge in [0.1, 0.15) is 17.3 Å². The molecular weight excluding hydrogens is 586 g/mol. The number of Topliss-reactive ketones (excluding diaryl/α,β-unsaturated/α-hetero) is 1. The lowest BCUT2D eigenvalue weighted by Crippen LogP contribution is -2.31. The molecule has 0 aliphatic rings. The third-order valence-electron chi connectivity index (χ3n) is 5.44. The molecule has 0 bridgehead atoms. The number of amides is 2. The van der Waals surface area contributed by atoms with Crippen LogP contribution in [0.4, 0.5) is 14.5 Å². The monoisotopic (exact) mass is 606 g/mol. The Labute approximate surface area is 236 Å². The minimum absolute atomic E-state index is 0.0751. The van der Waals surface area contributed by atoms with E-state index in [2.05, 4.69) is 26.6 Å². The topological polar surface area (TPSA) is 75.3 Å². The van der Waals surface area contributed by atoms with Crippen LogP contribution in [-0.4, -0.2) is 23.4 Å². The van der Waals surface area contributed by atoms with E-state index in [0.29, 0.717) is 16.8 Å². The first kappa shape index (κ1) is 27.9. The Morgan fingerprint density at radius 1 is 0.821 bits per heavy atom. The standard InChI is InChI=1S/C30H21BrF2N2O3S/c31-21-9-5-19(6-10-21)17-27(35-29(37)25-3-1-2-4-26(25)33)30(38)34-23-13-15-24(16-14-23)39-18-28(36)20-7-11-22(32)12-8-20/h1-17H,18H2,(H,34,38)(H,35,37). The van der Waals surface area contributed by atoms with Crippen LogP contribution < -0.4 is 10.6 Å². The highest BCUT2D eigenvalue weighted by molar-refractivity contribution is 9.10. The van der Waals surface area contributed by atoms with Crippen LogP contribution in [0, 0.1) is 11.6 Å². The molecule has 2 amide bonds. The summed E-state index contributed by atoms with van der Waals surface area (Å²) >= 11 is 4.67. The third-order valence-corrected chi connectivity index (χ3v) is 6.98. The molecule has 5 nitrogen and oxygen atoms in total. The number of nitrogens with one attached hydrogen (secondary N) is 2. The van der Waals surface area contributed by atoms with Crippen LogP contribution in [0.3, 0.4) is 0 Å². The lowest BCUT2D eigenvalue weighted by Gasteiger charge is -2.12. The van der Waals surface area contributed by atoms with Gasteiger partial charge in [-0.2, -0.15) is 0 Å². The first-order valence-electron chi connectivity index (χ1n) is 11.6. The summed E-state index contributed by atoms with van der Waals surface area (Å²) in [5.74, 6) is -2.44. The number of carbonyl (C=O) groups is 3. The van der Waals surface area contributed by atoms with Gasteiger partial charge in [-0.1, -0.05) is 40.2 Å². The molecule has 0 fully saturated rings. The Bertz CT molecular complexity index is 1520. The molecule has 0 atom stereocenters. The first-order chi connectivity index (χ1) is 18.8. The van der Waals surface area contributed by atoms with Crippen LogP contribution >= 0.6 is 27.7 Å². The number of ketones is 1. The molecule has 2 N–H and O–H groups in total. The number of rotatable bonds is 9. The highest BCUT2D eigenvalue weighted by Crippen LogP contribution is 2.22. The second kappa shape index (κ2) is 13.1. The number of hydrogen-bond donors (Lipinski definition) is 2. The SMILES string of the molecule is O=C(Nc1ccc(SCC(=O)c2ccc(F)cc2)cc1)C(=Cc1ccc(Br)cc1)NC(=O)c1ccccc1F. The molecule has 0 aliphatic carbocycles. The van der Waals surface area contributed by atoms with E-state index in [9.17, 15) is 23.2 Å². The van der Waals surface area contributed by atoms with Crippen molar-refractivity contribution in [2.75, 3.05) is 11.1 Å². The summed E-state index contributed by atoms with van der Waals surface area (Å²) in [6.45, 7) is 0. The van der Waals surface area contributed by atoms with Crippen LogP contribution in [0.2, 0.25) is 0 Å². The van der Waals surface area contributed by atoms with Gasteiger partial charge >= 0.3 is 0 Å². The maximum absolute atomic E-state index is 14.1. The van der Waals surface area contributed by atoms with Crippen LogP contribution in [0.5, 0.6) is 0 Å². The zero-order chi connectivity index (χ0) is 27.8. The molecule has 0 saturated carbocycles. The van der Waals surface area contributed by atoms with Gasteiger partial charge < -0.3 is 10.6 Å². The predicted molar refractivity (Wildman–Crippen MR) is 153 cm³/mol. The van der Waals surface area contributed by atoms with Crippen LogP contribution in [0.1, 0.15) is 26.3 Å². The summed E-state index contributed by atoms with van der Waals surface area (Å²) in [5.41, 5.74) is 1.26. The highest BCUT2D eigenvalue weighted by Gasteiger charge is 2.17. The van der Waals surface area contributed by atoms with E-state index in [0.717, 1.165) is 9.37 Å². The van der Waals surface area contributed by atoms with Gasteiger partial charge in [-0.15, -0.1) is 11.8 Å². The molecule has 0 aliphatic heterocycles. The Morgan fingerprint density at radius 3 is 2.15 bits per heavy atom. The molecular formula is C30H21BrF2N2O3S. The largest absolute Gasteiger partial charge is 0.321 e. The zero-order valence-electron chi connectivity index (χ0n) is 20.3. The van der Waals surface area contributed by atoms with Gasteiger partial charge in [0.15, 0.2) is 5.78 Å². The Morgan fingerprint density at radius 2 is 1.49 bits per heavy atom. The molecule has 4 aromatic carbocycles. The van der Waals surface area contributed by atoms with Gasteiger partial charge in [-0.25, -0.2) is 8.78 Å². The van der Waals surface area contributed by atoms with Gasteiger partial charge in [0.05, 0.1) is 11.3 Å². The van der Waals surface area contributed by atoms with E-state index in [1.54, 1.807) is 48.5 Å². The normalized spacial score (nSPS) is 11.1. The van der Waals surface area contributed by atoms with Gasteiger partial charge in [0.2, 0.25) is 0 Å². The minimum atomic E-state index is -0.760. The second-order valence-electron chi connectivity index (χ2n) is 8.24. The van der Waals surface area contributed by atoms with Crippen molar-refractivity contribution in [3.8, 4) is 0 Å². The van der Waals surface area contributed by atoms with Crippen molar-refractivity contribution in [2.24, 2.45) is 0 Å². The Kier molecular flexibility index (Phi) is 9.40. The van der Waals surface area contributed by atoms with E-state index in [1.807, 2.05) is 0 Å². The van der Waals surface area contributed by atoms with Crippen molar-refractivity contribution >= 4 is 57.1 Å². The van der Waals surface area contributed by atoms with Crippen molar-refractivity contribution < 1.29 is 23.2 Å². The van der Waals surface area contributed by atoms with Gasteiger partial charge in [0.25, 0.3) is 11.8 Å². The number of anilines is 1. The smallest absolute Gasteiger partial charge is 0.272 e. The molecule has 196 valence electrons. The summed E-state index contributed by atoms with van der Waals surface area (Å²) in [6.07, 6.45) is 1.49. The third kappa shape index (κ3) is 7.95. The minimum Gasteiger partial charge on any atom is -0.321 e. The maximum Gasteiger partial charge on any atom is 0.272 e. The number of thioether (sulfide) groups is 1. The van der Waals surface area contributed by atoms with Crippen molar-refractivity contribution in [1.29, 1.82) is 0 Å². The van der Waals surface area contributed by atoms with Crippen LogP contribution in [0.15, 0.2) is 112 Å². The molecule has 4 rings (SSSR count). The van der Waals surface area contributed by atoms with Crippen molar-refractivity contribution in [3.63, 3.8) is 0 Å². The first-order valence-corrected chi connectivity index (χ1v) is 13.4. The quantitative estimate of drug-likeness (QED) is 0.121. The fraction of sp³-hybridized carbons (Fsp3) is 0.0333. The van der Waals surface area contributed by atoms with Gasteiger partial charge in [0, 0.05) is 20.6 Å². The predicted octanol–water partition coefficient (Wildman–Crippen LogP) is 7.11. The number of hydrogen-bond acceptors (Lipinski definition) is 4. The average molecular weight is 607 g/mol. The van der Waals surface area contributed by atoms with Crippen LogP contribution in [0.25, 0.3) is 6.08 Å². The zero-order valence-corrected chi connectivity index (χ0v) is 22.7. The summed E-state index contributed by atoms with van der Waals surface area (Å²) in [5, 5.41) is 5.25. The highest BCUT2D eigenvalue weighted by atomic mass is 79.9. The van der Waals surface area contributed by atoms with Crippen LogP contribution in [-0.2, 0) is 4.79 Å². The van der Waals surface area contributed by atoms with E-state index < -0.39 is 23.4 Å². The summed E-state index contributed by atoms with van der Waals surface area (Å²) in [4.78, 5) is 39.0. The van der Waals surface area contributed by atoms with Crippen molar-refractivity contribution in [3.05, 3.63) is 136 Å². The molecule has 0 saturated heterocycles. The molecule has 0 aromatic heterocycles. The van der Waals surface area contributed by atoms with E-state index in [4.69, 9.17) is 0 Å². The summed E-state index contributed by atoms with van der Waals surface area (Å²) in [7, 11) is 0. The van der Waals surface area contributed by atoms with E-state index in [-0.39, 0.29) is 22.8 Å². The Hall–Kier alpha value is -4.08. The maximum atomic E-state index is 14.1. The molecule has 9 heteroatoms. The fourth-order valence-electron chi connectivity index (χ4n) is 3.42. The fourth-order valence-corrected chi connectivity index (χ4v) is 4.48. The molecule has 0 unspecified atom stereocenters. The number of benzene rings is 4. The van der Waals surface area contributed by atoms with E-state index in [1.165, 1.54) is 66.4 Å². The van der Waals surface area contributed by atoms with Crippen molar-refractivity contribution in [1.82, 2.24) is 5.32 Å². The van der Waals surface area contributed by atoms with E-state index >= 15 is 0 Å². The number of halogens is 3. The average Bonchev–Trinajstić information content (AvgIpc) is 2.94. The van der Waals surface area contributed by atoms with Gasteiger partial charge in [-0.3, -0.25) is 14.4 Å². The molecule has 0 spiro atoms. The van der Waals surface area contributed by atoms with Crippen molar-refractivity contribution in [2.45, 2.75) is 4.90 Å². The lowest BCUT2D eigenvalue weighted by atomic mass is 10.1. The molecule has 39 heavy (non-hydrogen) atoms. The van der Waals surface area contributed by atoms with Gasteiger partial charge in [-0.05, 0) is 84.4 Å².